The fourth-order valence-corrected chi connectivity index (χ4v) is 2.06. The molecule has 0 aliphatic heterocycles. The molecule has 0 saturated carbocycles. The minimum absolute atomic E-state index is 0. The highest BCUT2D eigenvalue weighted by molar-refractivity contribution is 7.18. The van der Waals surface area contributed by atoms with Gasteiger partial charge in [-0.15, -0.1) is 22.6 Å². The van der Waals surface area contributed by atoms with E-state index in [4.69, 9.17) is 10.6 Å². The SMILES string of the molecule is CCCOc1ccccc1-c1nnc(NN)s1.Cl. The number of aromatic nitrogens is 2. The fourth-order valence-electron chi connectivity index (χ4n) is 1.37. The number of nitrogens with zero attached hydrogens (tertiary/aromatic N) is 2. The first-order valence-corrected chi connectivity index (χ1v) is 6.19. The van der Waals surface area contributed by atoms with Crippen molar-refractivity contribution in [1.29, 1.82) is 0 Å². The molecule has 5 nitrogen and oxygen atoms in total. The summed E-state index contributed by atoms with van der Waals surface area (Å²) in [6.45, 7) is 2.77. The number of hydrogen-bond acceptors (Lipinski definition) is 6. The molecule has 1 aromatic carbocycles. The first-order valence-electron chi connectivity index (χ1n) is 5.37. The van der Waals surface area contributed by atoms with Crippen LogP contribution in [0.1, 0.15) is 13.3 Å². The maximum Gasteiger partial charge on any atom is 0.220 e. The predicted octanol–water partition coefficient (Wildman–Crippen LogP) is 2.70. The number of rotatable bonds is 5. The number of para-hydroxylation sites is 1. The Bertz CT molecular complexity index is 491. The molecule has 0 aliphatic rings. The van der Waals surface area contributed by atoms with Gasteiger partial charge in [-0.3, -0.25) is 5.43 Å². The maximum absolute atomic E-state index is 5.67. The first-order chi connectivity index (χ1) is 8.35. The van der Waals surface area contributed by atoms with Gasteiger partial charge in [-0.1, -0.05) is 30.4 Å². The zero-order valence-corrected chi connectivity index (χ0v) is 11.6. The van der Waals surface area contributed by atoms with Gasteiger partial charge in [0, 0.05) is 0 Å². The van der Waals surface area contributed by atoms with Crippen LogP contribution in [-0.4, -0.2) is 16.8 Å². The van der Waals surface area contributed by atoms with E-state index in [1.165, 1.54) is 11.3 Å². The molecule has 2 aromatic rings. The second-order valence-electron chi connectivity index (χ2n) is 3.40. The molecule has 0 saturated heterocycles. The molecule has 1 aromatic heterocycles. The van der Waals surface area contributed by atoms with E-state index in [0.717, 1.165) is 22.7 Å². The van der Waals surface area contributed by atoms with E-state index >= 15 is 0 Å². The smallest absolute Gasteiger partial charge is 0.220 e. The van der Waals surface area contributed by atoms with Crippen molar-refractivity contribution >= 4 is 28.9 Å². The number of ether oxygens (including phenoxy) is 1. The molecule has 7 heteroatoms. The van der Waals surface area contributed by atoms with Gasteiger partial charge in [0.25, 0.3) is 0 Å². The molecule has 3 N–H and O–H groups in total. The van der Waals surface area contributed by atoms with Crippen molar-refractivity contribution in [3.05, 3.63) is 24.3 Å². The van der Waals surface area contributed by atoms with Gasteiger partial charge in [0.05, 0.1) is 12.2 Å². The van der Waals surface area contributed by atoms with Crippen LogP contribution in [0.25, 0.3) is 10.6 Å². The molecule has 0 bridgehead atoms. The van der Waals surface area contributed by atoms with Crippen LogP contribution >= 0.6 is 23.7 Å². The van der Waals surface area contributed by atoms with Crippen molar-refractivity contribution < 1.29 is 4.74 Å². The van der Waals surface area contributed by atoms with Crippen molar-refractivity contribution in [2.75, 3.05) is 12.0 Å². The highest BCUT2D eigenvalue weighted by Gasteiger charge is 2.10. The Balaban J connectivity index is 0.00000162. The molecule has 0 amide bonds. The summed E-state index contributed by atoms with van der Waals surface area (Å²) >= 11 is 1.40. The number of hydrogen-bond donors (Lipinski definition) is 2. The molecule has 0 fully saturated rings. The van der Waals surface area contributed by atoms with E-state index in [1.54, 1.807) is 0 Å². The quantitative estimate of drug-likeness (QED) is 0.653. The van der Waals surface area contributed by atoms with E-state index < -0.39 is 0 Å². The average molecular weight is 287 g/mol. The summed E-state index contributed by atoms with van der Waals surface area (Å²) in [6, 6.07) is 7.79. The average Bonchev–Trinajstić information content (AvgIpc) is 2.85. The Morgan fingerprint density at radius 2 is 2.11 bits per heavy atom. The Morgan fingerprint density at radius 1 is 1.33 bits per heavy atom. The Labute approximate surface area is 116 Å². The lowest BCUT2D eigenvalue weighted by Crippen LogP contribution is -2.05. The van der Waals surface area contributed by atoms with Crippen LogP contribution in [-0.2, 0) is 0 Å². The van der Waals surface area contributed by atoms with Gasteiger partial charge in [-0.2, -0.15) is 0 Å². The van der Waals surface area contributed by atoms with Gasteiger partial charge in [0.2, 0.25) is 5.13 Å². The minimum atomic E-state index is 0. The Kier molecular flexibility index (Phi) is 5.84. The summed E-state index contributed by atoms with van der Waals surface area (Å²) in [6.07, 6.45) is 0.972. The lowest BCUT2D eigenvalue weighted by atomic mass is 10.2. The number of nitrogens with one attached hydrogen (secondary N) is 1. The van der Waals surface area contributed by atoms with Crippen LogP contribution in [0.3, 0.4) is 0 Å². The van der Waals surface area contributed by atoms with Gasteiger partial charge >= 0.3 is 0 Å². The molecule has 2 rings (SSSR count). The summed E-state index contributed by atoms with van der Waals surface area (Å²) in [7, 11) is 0. The fraction of sp³-hybridized carbons (Fsp3) is 0.273. The molecule has 1 heterocycles. The molecule has 0 aliphatic carbocycles. The van der Waals surface area contributed by atoms with Crippen LogP contribution in [0.5, 0.6) is 5.75 Å². The summed E-state index contributed by atoms with van der Waals surface area (Å²) in [4.78, 5) is 0. The van der Waals surface area contributed by atoms with Gasteiger partial charge < -0.3 is 4.74 Å². The van der Waals surface area contributed by atoms with Crippen LogP contribution in [0.2, 0.25) is 0 Å². The summed E-state index contributed by atoms with van der Waals surface area (Å²) in [5, 5.41) is 9.37. The first kappa shape index (κ1) is 14.7. The maximum atomic E-state index is 5.67. The van der Waals surface area contributed by atoms with E-state index in [-0.39, 0.29) is 12.4 Å². The largest absolute Gasteiger partial charge is 0.493 e. The normalized spacial score (nSPS) is 9.67. The molecule has 98 valence electrons. The van der Waals surface area contributed by atoms with Crippen LogP contribution in [0, 0.1) is 0 Å². The van der Waals surface area contributed by atoms with Crippen LogP contribution in [0.4, 0.5) is 5.13 Å². The number of nitrogen functional groups attached to an aromatic ring is 1. The third-order valence-electron chi connectivity index (χ3n) is 2.13. The number of benzene rings is 1. The molecular formula is C11H15ClN4OS. The number of hydrazine groups is 1. The summed E-state index contributed by atoms with van der Waals surface area (Å²) in [5.41, 5.74) is 3.43. The molecule has 18 heavy (non-hydrogen) atoms. The van der Waals surface area contributed by atoms with Gasteiger partial charge in [0.15, 0.2) is 5.01 Å². The second kappa shape index (κ2) is 7.15. The molecule has 0 atom stereocenters. The topological polar surface area (TPSA) is 73.1 Å². The molecule has 0 spiro atoms. The monoisotopic (exact) mass is 286 g/mol. The van der Waals surface area contributed by atoms with Gasteiger partial charge in [-0.05, 0) is 18.6 Å². The summed E-state index contributed by atoms with van der Waals surface area (Å²) in [5.74, 6) is 6.11. The van der Waals surface area contributed by atoms with Crippen molar-refractivity contribution in [1.82, 2.24) is 10.2 Å². The Hall–Kier alpha value is -1.37. The van der Waals surface area contributed by atoms with Gasteiger partial charge in [-0.25, -0.2) is 5.84 Å². The third-order valence-corrected chi connectivity index (χ3v) is 3.02. The summed E-state index contributed by atoms with van der Waals surface area (Å²) < 4.78 is 5.67. The lowest BCUT2D eigenvalue weighted by Gasteiger charge is -2.07. The van der Waals surface area contributed by atoms with Crippen molar-refractivity contribution in [3.8, 4) is 16.3 Å². The molecule has 0 radical (unpaired) electrons. The molecule has 0 unspecified atom stereocenters. The van der Waals surface area contributed by atoms with Crippen molar-refractivity contribution in [3.63, 3.8) is 0 Å². The number of anilines is 1. The zero-order chi connectivity index (χ0) is 12.1. The van der Waals surface area contributed by atoms with E-state index in [1.807, 2.05) is 24.3 Å². The second-order valence-corrected chi connectivity index (χ2v) is 4.38. The lowest BCUT2D eigenvalue weighted by molar-refractivity contribution is 0.318. The van der Waals surface area contributed by atoms with Crippen molar-refractivity contribution in [2.45, 2.75) is 13.3 Å². The van der Waals surface area contributed by atoms with Crippen LogP contribution < -0.4 is 16.0 Å². The standard InChI is InChI=1S/C11H14N4OS.ClH/c1-2-7-16-9-6-4-3-5-8(9)10-14-15-11(13-12)17-10;/h3-6H,2,7,12H2,1H3,(H,13,15);1H. The van der Waals surface area contributed by atoms with Crippen molar-refractivity contribution in [2.24, 2.45) is 5.84 Å². The van der Waals surface area contributed by atoms with E-state index in [9.17, 15) is 0 Å². The third kappa shape index (κ3) is 3.32. The minimum Gasteiger partial charge on any atom is -0.493 e. The Morgan fingerprint density at radius 3 is 2.78 bits per heavy atom. The zero-order valence-electron chi connectivity index (χ0n) is 9.92. The van der Waals surface area contributed by atoms with E-state index in [2.05, 4.69) is 22.5 Å². The number of halogens is 1. The van der Waals surface area contributed by atoms with Crippen LogP contribution in [0.15, 0.2) is 24.3 Å². The highest BCUT2D eigenvalue weighted by Crippen LogP contribution is 2.33. The predicted molar refractivity (Wildman–Crippen MR) is 76.2 cm³/mol. The van der Waals surface area contributed by atoms with E-state index in [0.29, 0.717) is 11.7 Å². The van der Waals surface area contributed by atoms with Gasteiger partial charge in [0.1, 0.15) is 5.75 Å². The molecular weight excluding hydrogens is 272 g/mol. The highest BCUT2D eigenvalue weighted by atomic mass is 35.5. The number of nitrogens with two attached hydrogens (primary N) is 1.